The molecule has 0 saturated carbocycles. The van der Waals surface area contributed by atoms with Gasteiger partial charge in [0.05, 0.1) is 16.9 Å². The van der Waals surface area contributed by atoms with Crippen molar-refractivity contribution >= 4 is 61.0 Å². The normalized spacial score (nSPS) is 15.1. The van der Waals surface area contributed by atoms with Gasteiger partial charge in [0.1, 0.15) is 18.1 Å². The highest BCUT2D eigenvalue weighted by Gasteiger charge is 2.35. The first kappa shape index (κ1) is 38.1. The topological polar surface area (TPSA) is 202 Å². The fraction of sp³-hybridized carbons (Fsp3) is 0.571. The van der Waals surface area contributed by atoms with Crippen LogP contribution in [0.5, 0.6) is 0 Å². The molecule has 0 aliphatic heterocycles. The standard InChI is InChI=1S/C28H41IN4O9S/c1-7-43(41,42)27(37)22(12-18(4)5)32-25(35)21(11-17(2)3)31-26(36)23(15-28(6,38)16-29)30-24(34)14-19-9-8-10-20(13-19)33(39)40/h7-10,13,17-18,21-23,38H,1,11-12,14-16H2,2-6H3,(H,30,34)(H,31,36)(H,32,35)/t21-,22-,23-,28?/m0/s1. The third-order valence-corrected chi connectivity index (χ3v) is 9.15. The number of alkyl halides is 1. The summed E-state index contributed by atoms with van der Waals surface area (Å²) in [5, 5.41) is 28.7. The molecule has 4 atom stereocenters. The zero-order chi connectivity index (χ0) is 33.1. The van der Waals surface area contributed by atoms with Crippen molar-refractivity contribution in [1.82, 2.24) is 16.0 Å². The number of aliphatic hydroxyl groups is 1. The Morgan fingerprint density at radius 2 is 1.56 bits per heavy atom. The minimum atomic E-state index is -4.33. The minimum Gasteiger partial charge on any atom is -0.389 e. The zero-order valence-corrected chi connectivity index (χ0v) is 27.9. The molecule has 0 heterocycles. The number of nitrogens with zero attached hydrogens (tertiary/aromatic N) is 1. The molecule has 0 aromatic heterocycles. The molecule has 1 rings (SSSR count). The number of halogens is 1. The number of non-ortho nitro benzene ring substituents is 1. The molecule has 3 amide bonds. The van der Waals surface area contributed by atoms with E-state index < -0.39 is 61.3 Å². The number of nitro benzene ring substituents is 1. The Morgan fingerprint density at radius 1 is 1.02 bits per heavy atom. The Kier molecular flexibility index (Phi) is 14.9. The van der Waals surface area contributed by atoms with Crippen molar-refractivity contribution in [2.75, 3.05) is 4.43 Å². The van der Waals surface area contributed by atoms with E-state index in [1.165, 1.54) is 31.2 Å². The average molecular weight is 737 g/mol. The summed E-state index contributed by atoms with van der Waals surface area (Å²) in [5.41, 5.74) is -1.26. The summed E-state index contributed by atoms with van der Waals surface area (Å²) in [4.78, 5) is 62.9. The van der Waals surface area contributed by atoms with Crippen LogP contribution in [0.4, 0.5) is 5.69 Å². The Labute approximate surface area is 265 Å². The maximum absolute atomic E-state index is 13.5. The number of sulfone groups is 1. The van der Waals surface area contributed by atoms with E-state index in [0.717, 1.165) is 0 Å². The highest BCUT2D eigenvalue weighted by Crippen LogP contribution is 2.18. The van der Waals surface area contributed by atoms with Gasteiger partial charge in [-0.1, -0.05) is 69.0 Å². The third kappa shape index (κ3) is 13.1. The maximum Gasteiger partial charge on any atom is 0.272 e. The Balaban J connectivity index is 3.25. The summed E-state index contributed by atoms with van der Waals surface area (Å²) in [7, 11) is -4.33. The van der Waals surface area contributed by atoms with E-state index in [1.54, 1.807) is 27.7 Å². The molecule has 13 nitrogen and oxygen atoms in total. The molecule has 1 unspecified atom stereocenters. The second-order valence-electron chi connectivity index (χ2n) is 11.5. The molecule has 0 spiro atoms. The summed E-state index contributed by atoms with van der Waals surface area (Å²) >= 11 is 1.93. The predicted octanol–water partition coefficient (Wildman–Crippen LogP) is 2.34. The van der Waals surface area contributed by atoms with Gasteiger partial charge in [-0.3, -0.25) is 29.3 Å². The van der Waals surface area contributed by atoms with Crippen molar-refractivity contribution in [2.45, 2.75) is 84.0 Å². The van der Waals surface area contributed by atoms with Crippen molar-refractivity contribution < 1.29 is 37.6 Å². The van der Waals surface area contributed by atoms with Crippen LogP contribution in [-0.2, 0) is 35.4 Å². The molecule has 15 heteroatoms. The van der Waals surface area contributed by atoms with Crippen LogP contribution in [0.25, 0.3) is 0 Å². The number of nitrogens with one attached hydrogen (secondary N) is 3. The van der Waals surface area contributed by atoms with Crippen molar-refractivity contribution in [1.29, 1.82) is 0 Å². The van der Waals surface area contributed by atoms with E-state index in [-0.39, 0.29) is 47.6 Å². The molecular formula is C28H41IN4O9S. The van der Waals surface area contributed by atoms with Crippen molar-refractivity contribution in [3.8, 4) is 0 Å². The summed E-state index contributed by atoms with van der Waals surface area (Å²) < 4.78 is 24.6. The van der Waals surface area contributed by atoms with E-state index in [9.17, 15) is 42.8 Å². The van der Waals surface area contributed by atoms with E-state index >= 15 is 0 Å². The number of benzene rings is 1. The van der Waals surface area contributed by atoms with Crippen LogP contribution >= 0.6 is 22.6 Å². The molecule has 240 valence electrons. The smallest absolute Gasteiger partial charge is 0.272 e. The van der Waals surface area contributed by atoms with E-state index in [0.29, 0.717) is 11.0 Å². The van der Waals surface area contributed by atoms with Gasteiger partial charge in [-0.25, -0.2) is 8.42 Å². The van der Waals surface area contributed by atoms with Crippen LogP contribution < -0.4 is 16.0 Å². The van der Waals surface area contributed by atoms with Crippen LogP contribution in [0.1, 0.15) is 59.4 Å². The van der Waals surface area contributed by atoms with Gasteiger partial charge in [-0.05, 0) is 37.2 Å². The molecule has 0 radical (unpaired) electrons. The number of hydrogen-bond donors (Lipinski definition) is 4. The quantitative estimate of drug-likeness (QED) is 0.0802. The van der Waals surface area contributed by atoms with Crippen molar-refractivity contribution in [3.63, 3.8) is 0 Å². The Hall–Kier alpha value is -2.92. The summed E-state index contributed by atoms with van der Waals surface area (Å²) in [6.45, 7) is 11.7. The molecule has 1 aromatic carbocycles. The van der Waals surface area contributed by atoms with E-state index in [2.05, 4.69) is 22.5 Å². The fourth-order valence-electron chi connectivity index (χ4n) is 4.13. The Morgan fingerprint density at radius 3 is 2.07 bits per heavy atom. The minimum absolute atomic E-state index is 0.0227. The van der Waals surface area contributed by atoms with Gasteiger partial charge in [0.25, 0.3) is 10.8 Å². The number of nitro groups is 1. The van der Waals surface area contributed by atoms with Crippen molar-refractivity contribution in [3.05, 3.63) is 51.9 Å². The van der Waals surface area contributed by atoms with Gasteiger partial charge in [0.15, 0.2) is 0 Å². The van der Waals surface area contributed by atoms with Crippen LogP contribution in [0.15, 0.2) is 36.3 Å². The first-order valence-electron chi connectivity index (χ1n) is 13.6. The Bertz CT molecular complexity index is 1300. The lowest BCUT2D eigenvalue weighted by atomic mass is 9.96. The van der Waals surface area contributed by atoms with Gasteiger partial charge in [0, 0.05) is 28.4 Å². The second kappa shape index (κ2) is 16.8. The maximum atomic E-state index is 13.5. The number of hydrogen-bond acceptors (Lipinski definition) is 9. The van der Waals surface area contributed by atoms with Crippen LogP contribution in [0.3, 0.4) is 0 Å². The van der Waals surface area contributed by atoms with E-state index in [4.69, 9.17) is 0 Å². The summed E-state index contributed by atoms with van der Waals surface area (Å²) in [6.07, 6.45) is -0.366. The second-order valence-corrected chi connectivity index (χ2v) is 14.1. The zero-order valence-electron chi connectivity index (χ0n) is 25.0. The first-order valence-corrected chi connectivity index (χ1v) is 16.7. The SMILES string of the molecule is C=CS(=O)(=O)C(=O)[C@H](CC(C)C)NC(=O)[C@H](CC(C)C)NC(=O)[C@H](CC(C)(O)CI)NC(=O)Cc1cccc([N+](=O)[O-])c1. The molecular weight excluding hydrogens is 695 g/mol. The van der Waals surface area contributed by atoms with Gasteiger partial charge in [-0.2, -0.15) is 0 Å². The molecule has 0 bridgehead atoms. The number of rotatable bonds is 17. The molecule has 0 aliphatic rings. The number of carbonyl (C=O) groups is 4. The highest BCUT2D eigenvalue weighted by atomic mass is 127. The van der Waals surface area contributed by atoms with Gasteiger partial charge >= 0.3 is 0 Å². The van der Waals surface area contributed by atoms with Gasteiger partial charge in [0.2, 0.25) is 27.6 Å². The molecule has 0 fully saturated rings. The van der Waals surface area contributed by atoms with Crippen LogP contribution in [0.2, 0.25) is 0 Å². The van der Waals surface area contributed by atoms with Gasteiger partial charge in [-0.15, -0.1) is 0 Å². The van der Waals surface area contributed by atoms with Crippen molar-refractivity contribution in [2.24, 2.45) is 11.8 Å². The lowest BCUT2D eigenvalue weighted by Gasteiger charge is -2.29. The number of carbonyl (C=O) groups excluding carboxylic acids is 4. The molecule has 43 heavy (non-hydrogen) atoms. The third-order valence-electron chi connectivity index (χ3n) is 6.22. The summed E-state index contributed by atoms with van der Waals surface area (Å²) in [5.74, 6) is -2.50. The summed E-state index contributed by atoms with van der Waals surface area (Å²) in [6, 6.07) is 1.58. The van der Waals surface area contributed by atoms with Crippen LogP contribution in [-0.4, -0.2) is 69.4 Å². The molecule has 0 aliphatic carbocycles. The highest BCUT2D eigenvalue weighted by molar-refractivity contribution is 14.1. The lowest BCUT2D eigenvalue weighted by Crippen LogP contribution is -2.57. The monoisotopic (exact) mass is 736 g/mol. The lowest BCUT2D eigenvalue weighted by molar-refractivity contribution is -0.384. The van der Waals surface area contributed by atoms with E-state index in [1.807, 2.05) is 22.6 Å². The molecule has 4 N–H and O–H groups in total. The fourth-order valence-corrected chi connectivity index (χ4v) is 5.16. The molecule has 0 saturated heterocycles. The first-order chi connectivity index (χ1) is 19.8. The average Bonchev–Trinajstić information content (AvgIpc) is 2.90. The number of amides is 3. The molecule has 1 aromatic rings. The van der Waals surface area contributed by atoms with Gasteiger partial charge < -0.3 is 21.1 Å². The van der Waals surface area contributed by atoms with Crippen LogP contribution in [0, 0.1) is 22.0 Å². The predicted molar refractivity (Wildman–Crippen MR) is 170 cm³/mol. The largest absolute Gasteiger partial charge is 0.389 e.